The third kappa shape index (κ3) is 7.49. The van der Waals surface area contributed by atoms with Crippen LogP contribution >= 0.6 is 0 Å². The zero-order chi connectivity index (χ0) is 14.8. The van der Waals surface area contributed by atoms with E-state index in [4.69, 9.17) is 9.47 Å². The Morgan fingerprint density at radius 2 is 2.00 bits per heavy atom. The normalized spacial score (nSPS) is 14.3. The Morgan fingerprint density at radius 1 is 1.10 bits per heavy atom. The van der Waals surface area contributed by atoms with Gasteiger partial charge in [-0.1, -0.05) is 38.3 Å². The van der Waals surface area contributed by atoms with Gasteiger partial charge in [-0.25, -0.2) is 0 Å². The van der Waals surface area contributed by atoms with Crippen molar-refractivity contribution in [3.8, 4) is 5.75 Å². The Kier molecular flexibility index (Phi) is 7.61. The van der Waals surface area contributed by atoms with Crippen LogP contribution in [0.4, 0.5) is 0 Å². The summed E-state index contributed by atoms with van der Waals surface area (Å²) in [4.78, 5) is 0. The summed E-state index contributed by atoms with van der Waals surface area (Å²) in [5.41, 5.74) is 1.29. The fourth-order valence-corrected chi connectivity index (χ4v) is 2.25. The topological polar surface area (TPSA) is 30.5 Å². The average molecular weight is 291 g/mol. The van der Waals surface area contributed by atoms with Gasteiger partial charge in [-0.15, -0.1) is 0 Å². The fourth-order valence-electron chi connectivity index (χ4n) is 2.25. The first-order valence-corrected chi connectivity index (χ1v) is 8.41. The Labute approximate surface area is 129 Å². The highest BCUT2D eigenvalue weighted by molar-refractivity contribution is 5.28. The lowest BCUT2D eigenvalue weighted by atomic mass is 10.2. The summed E-state index contributed by atoms with van der Waals surface area (Å²) in [7, 11) is 0. The van der Waals surface area contributed by atoms with Crippen molar-refractivity contribution < 1.29 is 9.47 Å². The van der Waals surface area contributed by atoms with E-state index in [1.54, 1.807) is 0 Å². The third-order valence-electron chi connectivity index (χ3n) is 3.71. The highest BCUT2D eigenvalue weighted by atomic mass is 16.5. The summed E-state index contributed by atoms with van der Waals surface area (Å²) in [6.45, 7) is 5.33. The molecule has 3 nitrogen and oxygen atoms in total. The van der Waals surface area contributed by atoms with Gasteiger partial charge in [0.25, 0.3) is 0 Å². The second-order valence-corrected chi connectivity index (χ2v) is 5.82. The van der Waals surface area contributed by atoms with E-state index in [1.165, 1.54) is 37.7 Å². The molecular weight excluding hydrogens is 262 g/mol. The van der Waals surface area contributed by atoms with E-state index in [1.807, 2.05) is 6.07 Å². The van der Waals surface area contributed by atoms with Crippen molar-refractivity contribution in [2.24, 2.45) is 0 Å². The molecule has 0 saturated heterocycles. The highest BCUT2D eigenvalue weighted by Gasteiger charge is 2.19. The molecule has 0 amide bonds. The molecule has 1 aromatic rings. The van der Waals surface area contributed by atoms with Gasteiger partial charge < -0.3 is 14.8 Å². The SMILES string of the molecule is CCCCCCOCCOc1cccc(CNC2CC2)c1. The second-order valence-electron chi connectivity index (χ2n) is 5.82. The molecule has 2 rings (SSSR count). The van der Waals surface area contributed by atoms with Crippen LogP contribution in [0.2, 0.25) is 0 Å². The molecule has 1 aliphatic rings. The van der Waals surface area contributed by atoms with Gasteiger partial charge in [0.1, 0.15) is 12.4 Å². The Bertz CT molecular complexity index is 391. The van der Waals surface area contributed by atoms with Crippen molar-refractivity contribution in [2.75, 3.05) is 19.8 Å². The maximum atomic E-state index is 5.74. The maximum absolute atomic E-state index is 5.74. The number of nitrogens with one attached hydrogen (secondary N) is 1. The van der Waals surface area contributed by atoms with Crippen molar-refractivity contribution in [3.63, 3.8) is 0 Å². The average Bonchev–Trinajstić information content (AvgIpc) is 3.33. The minimum absolute atomic E-state index is 0.632. The summed E-state index contributed by atoms with van der Waals surface area (Å²) < 4.78 is 11.3. The quantitative estimate of drug-likeness (QED) is 0.592. The van der Waals surface area contributed by atoms with Crippen LogP contribution < -0.4 is 10.1 Å². The molecule has 1 N–H and O–H groups in total. The van der Waals surface area contributed by atoms with Crippen LogP contribution in [0.3, 0.4) is 0 Å². The van der Waals surface area contributed by atoms with Crippen LogP contribution in [0, 0.1) is 0 Å². The standard InChI is InChI=1S/C18H29NO2/c1-2-3-4-5-11-20-12-13-21-18-8-6-7-16(14-18)15-19-17-9-10-17/h6-8,14,17,19H,2-5,9-13,15H2,1H3. The number of ether oxygens (including phenoxy) is 2. The summed E-state index contributed by atoms with van der Waals surface area (Å²) in [5, 5.41) is 3.52. The summed E-state index contributed by atoms with van der Waals surface area (Å²) in [5.74, 6) is 0.944. The van der Waals surface area contributed by atoms with Gasteiger partial charge in [0, 0.05) is 19.2 Å². The molecule has 3 heteroatoms. The maximum Gasteiger partial charge on any atom is 0.119 e. The van der Waals surface area contributed by atoms with Crippen LogP contribution in [-0.4, -0.2) is 25.9 Å². The van der Waals surface area contributed by atoms with Gasteiger partial charge in [-0.05, 0) is 37.0 Å². The van der Waals surface area contributed by atoms with Crippen LogP contribution in [-0.2, 0) is 11.3 Å². The van der Waals surface area contributed by atoms with Crippen molar-refractivity contribution in [2.45, 2.75) is 58.0 Å². The molecule has 0 aliphatic heterocycles. The molecule has 1 fully saturated rings. The number of hydrogen-bond acceptors (Lipinski definition) is 3. The van der Waals surface area contributed by atoms with E-state index in [9.17, 15) is 0 Å². The summed E-state index contributed by atoms with van der Waals surface area (Å²) in [6.07, 6.45) is 7.66. The predicted octanol–water partition coefficient (Wildman–Crippen LogP) is 3.91. The van der Waals surface area contributed by atoms with Gasteiger partial charge in [0.15, 0.2) is 0 Å². The summed E-state index contributed by atoms with van der Waals surface area (Å²) >= 11 is 0. The minimum Gasteiger partial charge on any atom is -0.491 e. The molecule has 0 spiro atoms. The van der Waals surface area contributed by atoms with Crippen molar-refractivity contribution in [1.82, 2.24) is 5.32 Å². The molecular formula is C18H29NO2. The minimum atomic E-state index is 0.632. The molecule has 1 aromatic carbocycles. The molecule has 0 radical (unpaired) electrons. The lowest BCUT2D eigenvalue weighted by Gasteiger charge is -2.09. The van der Waals surface area contributed by atoms with Gasteiger partial charge in [-0.2, -0.15) is 0 Å². The van der Waals surface area contributed by atoms with Crippen LogP contribution in [0.5, 0.6) is 5.75 Å². The van der Waals surface area contributed by atoms with Crippen LogP contribution in [0.1, 0.15) is 51.0 Å². The van der Waals surface area contributed by atoms with Crippen molar-refractivity contribution in [1.29, 1.82) is 0 Å². The highest BCUT2D eigenvalue weighted by Crippen LogP contribution is 2.20. The Balaban J connectivity index is 1.54. The summed E-state index contributed by atoms with van der Waals surface area (Å²) in [6, 6.07) is 9.09. The van der Waals surface area contributed by atoms with Gasteiger partial charge in [0.2, 0.25) is 0 Å². The molecule has 0 atom stereocenters. The van der Waals surface area contributed by atoms with E-state index < -0.39 is 0 Å². The number of benzene rings is 1. The molecule has 0 aromatic heterocycles. The molecule has 1 saturated carbocycles. The van der Waals surface area contributed by atoms with Gasteiger partial charge >= 0.3 is 0 Å². The Hall–Kier alpha value is -1.06. The first-order valence-electron chi connectivity index (χ1n) is 8.41. The number of rotatable bonds is 12. The van der Waals surface area contributed by atoms with Crippen molar-refractivity contribution in [3.05, 3.63) is 29.8 Å². The lowest BCUT2D eigenvalue weighted by Crippen LogP contribution is -2.15. The predicted molar refractivity (Wildman–Crippen MR) is 86.8 cm³/mol. The largest absolute Gasteiger partial charge is 0.491 e. The molecule has 1 aliphatic carbocycles. The second kappa shape index (κ2) is 9.80. The van der Waals surface area contributed by atoms with Crippen LogP contribution in [0.25, 0.3) is 0 Å². The molecule has 0 heterocycles. The molecule has 0 unspecified atom stereocenters. The third-order valence-corrected chi connectivity index (χ3v) is 3.71. The fraction of sp³-hybridized carbons (Fsp3) is 0.667. The zero-order valence-electron chi connectivity index (χ0n) is 13.3. The molecule has 0 bridgehead atoms. The zero-order valence-corrected chi connectivity index (χ0v) is 13.3. The number of hydrogen-bond donors (Lipinski definition) is 1. The first kappa shape index (κ1) is 16.3. The van der Waals surface area contributed by atoms with E-state index in [0.29, 0.717) is 13.2 Å². The van der Waals surface area contributed by atoms with E-state index >= 15 is 0 Å². The van der Waals surface area contributed by atoms with E-state index in [-0.39, 0.29) is 0 Å². The number of unbranched alkanes of at least 4 members (excludes halogenated alkanes) is 3. The first-order chi connectivity index (χ1) is 10.4. The van der Waals surface area contributed by atoms with Crippen LogP contribution in [0.15, 0.2) is 24.3 Å². The van der Waals surface area contributed by atoms with E-state index in [0.717, 1.165) is 31.4 Å². The molecule has 118 valence electrons. The Morgan fingerprint density at radius 3 is 2.81 bits per heavy atom. The van der Waals surface area contributed by atoms with Crippen molar-refractivity contribution >= 4 is 0 Å². The molecule has 21 heavy (non-hydrogen) atoms. The lowest BCUT2D eigenvalue weighted by molar-refractivity contribution is 0.0971. The van der Waals surface area contributed by atoms with E-state index in [2.05, 4.69) is 30.4 Å². The monoisotopic (exact) mass is 291 g/mol. The van der Waals surface area contributed by atoms with Gasteiger partial charge in [0.05, 0.1) is 6.61 Å². The van der Waals surface area contributed by atoms with Gasteiger partial charge in [-0.3, -0.25) is 0 Å². The smallest absolute Gasteiger partial charge is 0.119 e.